The van der Waals surface area contributed by atoms with Crippen LogP contribution in [0.3, 0.4) is 0 Å². The number of halogens is 2. The Labute approximate surface area is 117 Å². The lowest BCUT2D eigenvalue weighted by Gasteiger charge is -2.05. The summed E-state index contributed by atoms with van der Waals surface area (Å²) in [6, 6.07) is 9.48. The van der Waals surface area contributed by atoms with Crippen molar-refractivity contribution in [2.45, 2.75) is 6.32 Å². The van der Waals surface area contributed by atoms with Crippen molar-refractivity contribution in [1.82, 2.24) is 9.55 Å². The van der Waals surface area contributed by atoms with E-state index in [-0.39, 0.29) is 0 Å². The second-order valence-electron chi connectivity index (χ2n) is 3.47. The van der Waals surface area contributed by atoms with Crippen molar-refractivity contribution in [2.75, 3.05) is 0 Å². The van der Waals surface area contributed by atoms with Crippen LogP contribution in [0.25, 0.3) is 5.69 Å². The Morgan fingerprint density at radius 2 is 1.94 bits per heavy atom. The average molecular weight is 353 g/mol. The number of nitrogens with zero attached hydrogens (tertiary/aromatic N) is 3. The summed E-state index contributed by atoms with van der Waals surface area (Å²) in [5.74, 6) is 0. The summed E-state index contributed by atoms with van der Waals surface area (Å²) >= 11 is 6.98. The zero-order chi connectivity index (χ0) is 12.4. The first-order valence-corrected chi connectivity index (χ1v) is 6.69. The van der Waals surface area contributed by atoms with Crippen molar-refractivity contribution in [3.8, 4) is 11.8 Å². The first-order valence-electron chi connectivity index (χ1n) is 5.10. The predicted molar refractivity (Wildman–Crippen MR) is 75.9 cm³/mol. The highest BCUT2D eigenvalue weighted by Crippen LogP contribution is 2.27. The van der Waals surface area contributed by atoms with Gasteiger partial charge in [-0.25, -0.2) is 4.98 Å². The molecule has 1 aromatic heterocycles. The highest BCUT2D eigenvalue weighted by Gasteiger charge is 2.13. The van der Waals surface area contributed by atoms with Crippen LogP contribution in [-0.4, -0.2) is 17.4 Å². The summed E-state index contributed by atoms with van der Waals surface area (Å²) in [5, 5.41) is 8.76. The van der Waals surface area contributed by atoms with Gasteiger partial charge in [0.05, 0.1) is 17.3 Å². The van der Waals surface area contributed by atoms with Crippen molar-refractivity contribution >= 4 is 39.7 Å². The summed E-state index contributed by atoms with van der Waals surface area (Å²) in [5.41, 5.74) is 2.62. The van der Waals surface area contributed by atoms with E-state index in [1.807, 2.05) is 16.7 Å². The second kappa shape index (κ2) is 5.07. The number of nitriles is 1. The molecule has 0 aliphatic rings. The molecule has 0 aliphatic heterocycles. The second-order valence-corrected chi connectivity index (χ2v) is 4.93. The maximum absolute atomic E-state index is 8.76. The van der Waals surface area contributed by atoms with E-state index in [4.69, 9.17) is 5.26 Å². The van der Waals surface area contributed by atoms with E-state index in [1.165, 1.54) is 0 Å². The van der Waals surface area contributed by atoms with E-state index in [0.717, 1.165) is 27.0 Å². The topological polar surface area (TPSA) is 41.6 Å². The molecule has 2 rings (SSSR count). The molecule has 0 saturated carbocycles. The Bertz CT molecular complexity index is 584. The van der Waals surface area contributed by atoms with Gasteiger partial charge in [0, 0.05) is 5.69 Å². The normalized spacial score (nSPS) is 10.2. The first-order chi connectivity index (χ1) is 8.17. The van der Waals surface area contributed by atoms with Gasteiger partial charge in [0.25, 0.3) is 0 Å². The van der Waals surface area contributed by atoms with Gasteiger partial charge in [-0.2, -0.15) is 5.26 Å². The molecule has 84 valence electrons. The van der Waals surface area contributed by atoms with Gasteiger partial charge in [-0.15, -0.1) is 0 Å². The summed E-state index contributed by atoms with van der Waals surface area (Å²) in [6.45, 7) is 0. The first kappa shape index (κ1) is 12.4. The van der Waals surface area contributed by atoms with Gasteiger partial charge in [-0.1, -0.05) is 0 Å². The lowest BCUT2D eigenvalue weighted by atomic mass is 10.0. The SMILES string of the molecule is BCc1nc(Br)n(-c2ccc(C#N)cc2)c1Br. The average Bonchev–Trinajstić information content (AvgIpc) is 2.64. The molecule has 0 unspecified atom stereocenters. The van der Waals surface area contributed by atoms with Crippen LogP contribution in [0.1, 0.15) is 11.3 Å². The van der Waals surface area contributed by atoms with Gasteiger partial charge >= 0.3 is 0 Å². The van der Waals surface area contributed by atoms with Gasteiger partial charge < -0.3 is 0 Å². The fourth-order valence-corrected chi connectivity index (χ4v) is 3.12. The maximum atomic E-state index is 8.76. The van der Waals surface area contributed by atoms with Gasteiger partial charge in [-0.05, 0) is 62.4 Å². The smallest absolute Gasteiger partial charge is 0.182 e. The standard InChI is InChI=1S/C11H8BBr2N3/c12-5-9-10(13)17(11(14)16-9)8-3-1-7(6-15)2-4-8/h1-4H,5,12H2. The third kappa shape index (κ3) is 2.31. The zero-order valence-corrected chi connectivity index (χ0v) is 12.3. The van der Waals surface area contributed by atoms with E-state index in [9.17, 15) is 0 Å². The van der Waals surface area contributed by atoms with Crippen molar-refractivity contribution in [1.29, 1.82) is 5.26 Å². The van der Waals surface area contributed by atoms with E-state index < -0.39 is 0 Å². The van der Waals surface area contributed by atoms with Crippen LogP contribution in [0.4, 0.5) is 0 Å². The molecule has 2 aromatic rings. The summed E-state index contributed by atoms with van der Waals surface area (Å²) in [4.78, 5) is 4.42. The van der Waals surface area contributed by atoms with Crippen LogP contribution in [0.15, 0.2) is 33.6 Å². The molecule has 0 atom stereocenters. The minimum atomic E-state index is 0.650. The van der Waals surface area contributed by atoms with Crippen LogP contribution < -0.4 is 0 Å². The maximum Gasteiger partial charge on any atom is 0.182 e. The molecular formula is C11H8BBr2N3. The summed E-state index contributed by atoms with van der Waals surface area (Å²) in [7, 11) is 2.06. The molecule has 0 radical (unpaired) electrons. The molecule has 1 heterocycles. The number of hydrogen-bond donors (Lipinski definition) is 0. The Hall–Kier alpha value is -1.06. The fourth-order valence-electron chi connectivity index (χ4n) is 1.55. The third-order valence-electron chi connectivity index (χ3n) is 2.44. The number of benzene rings is 1. The number of imidazole rings is 1. The molecule has 1 aromatic carbocycles. The van der Waals surface area contributed by atoms with Crippen LogP contribution in [0, 0.1) is 11.3 Å². The van der Waals surface area contributed by atoms with Crippen molar-refractivity contribution < 1.29 is 0 Å². The van der Waals surface area contributed by atoms with Crippen molar-refractivity contribution in [2.24, 2.45) is 0 Å². The molecule has 3 nitrogen and oxygen atoms in total. The van der Waals surface area contributed by atoms with E-state index in [2.05, 4.69) is 50.8 Å². The number of hydrogen-bond acceptors (Lipinski definition) is 2. The van der Waals surface area contributed by atoms with Gasteiger partial charge in [0.1, 0.15) is 12.4 Å². The summed E-state index contributed by atoms with van der Waals surface area (Å²) in [6.07, 6.45) is 0.864. The molecule has 0 amide bonds. The molecule has 0 aliphatic carbocycles. The van der Waals surface area contributed by atoms with Crippen molar-refractivity contribution in [3.05, 3.63) is 44.9 Å². The number of aromatic nitrogens is 2. The highest BCUT2D eigenvalue weighted by molar-refractivity contribution is 9.11. The molecule has 0 fully saturated rings. The molecule has 0 spiro atoms. The Morgan fingerprint density at radius 3 is 2.41 bits per heavy atom. The van der Waals surface area contributed by atoms with Gasteiger partial charge in [-0.3, -0.25) is 4.57 Å². The fraction of sp³-hybridized carbons (Fsp3) is 0.0909. The van der Waals surface area contributed by atoms with E-state index in [0.29, 0.717) is 5.56 Å². The Balaban J connectivity index is 2.53. The molecule has 0 N–H and O–H groups in total. The predicted octanol–water partition coefficient (Wildman–Crippen LogP) is 2.40. The lowest BCUT2D eigenvalue weighted by Crippen LogP contribution is -1.95. The molecule has 0 bridgehead atoms. The van der Waals surface area contributed by atoms with E-state index >= 15 is 0 Å². The van der Waals surface area contributed by atoms with Crippen LogP contribution in [0.2, 0.25) is 0 Å². The van der Waals surface area contributed by atoms with Crippen LogP contribution in [-0.2, 0) is 6.32 Å². The minimum Gasteiger partial charge on any atom is -0.281 e. The zero-order valence-electron chi connectivity index (χ0n) is 9.11. The van der Waals surface area contributed by atoms with Gasteiger partial charge in [0.15, 0.2) is 4.73 Å². The van der Waals surface area contributed by atoms with Crippen LogP contribution >= 0.6 is 31.9 Å². The van der Waals surface area contributed by atoms with Gasteiger partial charge in [0.2, 0.25) is 0 Å². The largest absolute Gasteiger partial charge is 0.281 e. The van der Waals surface area contributed by atoms with Crippen LogP contribution in [0.5, 0.6) is 0 Å². The Morgan fingerprint density at radius 1 is 1.29 bits per heavy atom. The number of rotatable bonds is 2. The van der Waals surface area contributed by atoms with Crippen molar-refractivity contribution in [3.63, 3.8) is 0 Å². The lowest BCUT2D eigenvalue weighted by molar-refractivity contribution is 0.992. The quantitative estimate of drug-likeness (QED) is 0.779. The minimum absolute atomic E-state index is 0.650. The third-order valence-corrected chi connectivity index (χ3v) is 3.78. The highest BCUT2D eigenvalue weighted by atomic mass is 79.9. The Kier molecular flexibility index (Phi) is 3.70. The molecular weight excluding hydrogens is 345 g/mol. The monoisotopic (exact) mass is 351 g/mol. The van der Waals surface area contributed by atoms with E-state index in [1.54, 1.807) is 12.1 Å². The molecule has 6 heteroatoms. The summed E-state index contributed by atoms with van der Waals surface area (Å²) < 4.78 is 3.66. The molecule has 17 heavy (non-hydrogen) atoms. The molecule has 0 saturated heterocycles.